The molecule has 0 spiro atoms. The number of amides is 1. The molecule has 1 heterocycles. The molecule has 3 N–H and O–H groups in total. The molecule has 188 valence electrons. The summed E-state index contributed by atoms with van der Waals surface area (Å²) < 4.78 is 34.3. The lowest BCUT2D eigenvalue weighted by atomic mass is 9.92. The van der Waals surface area contributed by atoms with E-state index in [4.69, 9.17) is 10.5 Å². The molecule has 0 saturated heterocycles. The zero-order chi connectivity index (χ0) is 25.2. The lowest BCUT2D eigenvalue weighted by molar-refractivity contribution is 0.0744. The minimum atomic E-state index is -3.36. The number of hydrogen-bond acceptors (Lipinski definition) is 5. The molecule has 9 heteroatoms. The van der Waals surface area contributed by atoms with Gasteiger partial charge in [0, 0.05) is 48.9 Å². The van der Waals surface area contributed by atoms with E-state index in [2.05, 4.69) is 9.29 Å². The molecule has 4 rings (SSSR count). The van der Waals surface area contributed by atoms with Crippen molar-refractivity contribution in [1.29, 1.82) is 0 Å². The fourth-order valence-electron chi connectivity index (χ4n) is 4.53. The molecule has 1 aliphatic rings. The van der Waals surface area contributed by atoms with Gasteiger partial charge in [-0.1, -0.05) is 19.1 Å². The Morgan fingerprint density at radius 3 is 2.51 bits per heavy atom. The summed E-state index contributed by atoms with van der Waals surface area (Å²) in [7, 11) is 0.0314. The van der Waals surface area contributed by atoms with Crippen molar-refractivity contribution in [2.75, 3.05) is 43.5 Å². The molecule has 2 aromatic carbocycles. The van der Waals surface area contributed by atoms with Crippen LogP contribution in [0.15, 0.2) is 42.5 Å². The number of nitrogens with two attached hydrogens (primary N) is 1. The highest BCUT2D eigenvalue weighted by Crippen LogP contribution is 2.44. The van der Waals surface area contributed by atoms with Gasteiger partial charge < -0.3 is 19.9 Å². The van der Waals surface area contributed by atoms with Crippen molar-refractivity contribution in [1.82, 2.24) is 9.47 Å². The number of sulfonamides is 1. The Morgan fingerprint density at radius 2 is 1.91 bits per heavy atom. The maximum absolute atomic E-state index is 13.0. The maximum Gasteiger partial charge on any atom is 0.253 e. The minimum Gasteiger partial charge on any atom is -0.396 e. The fourth-order valence-corrected chi connectivity index (χ4v) is 5.67. The van der Waals surface area contributed by atoms with Gasteiger partial charge in [-0.25, -0.2) is 8.42 Å². The average Bonchev–Trinajstić information content (AvgIpc) is 3.07. The van der Waals surface area contributed by atoms with E-state index in [1.165, 1.54) is 0 Å². The molecule has 0 bridgehead atoms. The highest BCUT2D eigenvalue weighted by atomic mass is 32.2. The summed E-state index contributed by atoms with van der Waals surface area (Å²) in [6.07, 6.45) is 3.81. The second kappa shape index (κ2) is 10.3. The Balaban J connectivity index is 1.74. The Labute approximate surface area is 207 Å². The number of carbonyl (C=O) groups is 1. The number of benzene rings is 2. The number of nitrogens with one attached hydrogen (secondary N) is 1. The molecule has 0 aliphatic heterocycles. The van der Waals surface area contributed by atoms with Crippen LogP contribution in [0.5, 0.6) is 0 Å². The largest absolute Gasteiger partial charge is 0.396 e. The number of methoxy groups -OCH3 is 1. The number of aromatic nitrogens is 1. The Hall–Kier alpha value is -3.04. The molecule has 1 aliphatic carbocycles. The predicted octanol–water partition coefficient (Wildman–Crippen LogP) is 4.49. The van der Waals surface area contributed by atoms with Crippen molar-refractivity contribution in [2.24, 2.45) is 0 Å². The third kappa shape index (κ3) is 5.16. The monoisotopic (exact) mass is 498 g/mol. The van der Waals surface area contributed by atoms with Gasteiger partial charge in [0.05, 0.1) is 29.3 Å². The zero-order valence-corrected chi connectivity index (χ0v) is 21.4. The first kappa shape index (κ1) is 25.1. The molecule has 1 amide bonds. The van der Waals surface area contributed by atoms with Crippen molar-refractivity contribution >= 4 is 38.2 Å². The molecule has 1 aromatic heterocycles. The molecule has 8 nitrogen and oxygen atoms in total. The highest BCUT2D eigenvalue weighted by Gasteiger charge is 2.27. The van der Waals surface area contributed by atoms with E-state index in [-0.39, 0.29) is 11.7 Å². The Kier molecular flexibility index (Phi) is 7.37. The van der Waals surface area contributed by atoms with Crippen LogP contribution in [0.4, 0.5) is 11.4 Å². The van der Waals surface area contributed by atoms with Crippen molar-refractivity contribution < 1.29 is 17.9 Å². The van der Waals surface area contributed by atoms with Gasteiger partial charge in [-0.05, 0) is 56.0 Å². The SMILES string of the molecule is CCCS(=O)(=O)Nc1ccc(-c2c(N)c3ccc(C(=O)N(C)CCOC)cc3n2C2CCC2)cc1. The van der Waals surface area contributed by atoms with E-state index in [0.29, 0.717) is 42.6 Å². The molecule has 1 saturated carbocycles. The highest BCUT2D eigenvalue weighted by molar-refractivity contribution is 7.92. The van der Waals surface area contributed by atoms with Crippen molar-refractivity contribution in [3.8, 4) is 11.3 Å². The average molecular weight is 499 g/mol. The number of nitrogen functional groups attached to an aromatic ring is 1. The van der Waals surface area contributed by atoms with E-state index < -0.39 is 10.0 Å². The third-order valence-corrected chi connectivity index (χ3v) is 8.10. The van der Waals surface area contributed by atoms with Gasteiger partial charge in [-0.15, -0.1) is 0 Å². The first-order valence-corrected chi connectivity index (χ1v) is 13.7. The van der Waals surface area contributed by atoms with Crippen LogP contribution in [-0.4, -0.2) is 56.9 Å². The third-order valence-electron chi connectivity index (χ3n) is 6.61. The standard InChI is InChI=1S/C26H34N4O4S/c1-4-16-35(32,33)28-20-11-8-18(9-12-20)25-24(27)22-13-10-19(26(31)29(2)14-15-34-3)17-23(22)30(25)21-6-5-7-21/h8-13,17,21,28H,4-7,14-16,27H2,1-3H3. The van der Waals surface area contributed by atoms with E-state index >= 15 is 0 Å². The Morgan fingerprint density at radius 1 is 1.20 bits per heavy atom. The van der Waals surface area contributed by atoms with E-state index in [1.807, 2.05) is 37.3 Å². The number of ether oxygens (including phenoxy) is 1. The normalized spacial score (nSPS) is 14.1. The number of carbonyl (C=O) groups excluding carboxylic acids is 1. The van der Waals surface area contributed by atoms with E-state index in [9.17, 15) is 13.2 Å². The van der Waals surface area contributed by atoms with Gasteiger partial charge in [0.15, 0.2) is 0 Å². The zero-order valence-electron chi connectivity index (χ0n) is 20.6. The molecular formula is C26H34N4O4S. The van der Waals surface area contributed by atoms with E-state index in [1.54, 1.807) is 31.2 Å². The first-order chi connectivity index (χ1) is 16.8. The molecule has 35 heavy (non-hydrogen) atoms. The number of nitrogens with zero attached hydrogens (tertiary/aromatic N) is 2. The maximum atomic E-state index is 13.0. The van der Waals surface area contributed by atoms with Gasteiger partial charge in [0.2, 0.25) is 10.0 Å². The molecular weight excluding hydrogens is 464 g/mol. The molecule has 0 unspecified atom stereocenters. The topological polar surface area (TPSA) is 107 Å². The summed E-state index contributed by atoms with van der Waals surface area (Å²) in [4.78, 5) is 14.6. The smallest absolute Gasteiger partial charge is 0.253 e. The number of hydrogen-bond donors (Lipinski definition) is 2. The summed E-state index contributed by atoms with van der Waals surface area (Å²) in [5.41, 5.74) is 11.2. The van der Waals surface area contributed by atoms with Gasteiger partial charge >= 0.3 is 0 Å². The van der Waals surface area contributed by atoms with Crippen LogP contribution in [0.1, 0.15) is 49.0 Å². The lowest BCUT2D eigenvalue weighted by Crippen LogP contribution is -2.29. The van der Waals surface area contributed by atoms with Crippen LogP contribution in [0.25, 0.3) is 22.2 Å². The van der Waals surface area contributed by atoms with Crippen LogP contribution >= 0.6 is 0 Å². The summed E-state index contributed by atoms with van der Waals surface area (Å²) in [5, 5.41) is 0.913. The summed E-state index contributed by atoms with van der Waals surface area (Å²) in [6, 6.07) is 13.3. The minimum absolute atomic E-state index is 0.0610. The number of likely N-dealkylation sites (N-methyl/N-ethyl adjacent to an activating group) is 1. The molecule has 1 fully saturated rings. The second-order valence-electron chi connectivity index (χ2n) is 9.17. The number of rotatable bonds is 10. The first-order valence-electron chi connectivity index (χ1n) is 12.0. The van der Waals surface area contributed by atoms with Crippen LogP contribution in [0.2, 0.25) is 0 Å². The fraction of sp³-hybridized carbons (Fsp3) is 0.423. The second-order valence-corrected chi connectivity index (χ2v) is 11.0. The number of anilines is 2. The van der Waals surface area contributed by atoms with Gasteiger partial charge in [-0.3, -0.25) is 9.52 Å². The Bertz CT molecular complexity index is 1310. The summed E-state index contributed by atoms with van der Waals surface area (Å²) in [6.45, 7) is 2.82. The van der Waals surface area contributed by atoms with Crippen LogP contribution < -0.4 is 10.5 Å². The van der Waals surface area contributed by atoms with Crippen LogP contribution in [-0.2, 0) is 14.8 Å². The summed E-state index contributed by atoms with van der Waals surface area (Å²) in [5.74, 6) is 0.0217. The van der Waals surface area contributed by atoms with Gasteiger partial charge in [-0.2, -0.15) is 0 Å². The van der Waals surface area contributed by atoms with Crippen molar-refractivity contribution in [2.45, 2.75) is 38.6 Å². The lowest BCUT2D eigenvalue weighted by Gasteiger charge is -2.30. The van der Waals surface area contributed by atoms with Gasteiger partial charge in [0.1, 0.15) is 0 Å². The number of fused-ring (bicyclic) bond motifs is 1. The molecule has 0 radical (unpaired) electrons. The predicted molar refractivity (Wildman–Crippen MR) is 141 cm³/mol. The van der Waals surface area contributed by atoms with Crippen molar-refractivity contribution in [3.05, 3.63) is 48.0 Å². The quantitative estimate of drug-likeness (QED) is 0.428. The summed E-state index contributed by atoms with van der Waals surface area (Å²) >= 11 is 0. The van der Waals surface area contributed by atoms with Crippen LogP contribution in [0.3, 0.4) is 0 Å². The van der Waals surface area contributed by atoms with E-state index in [0.717, 1.165) is 41.4 Å². The van der Waals surface area contributed by atoms with Crippen LogP contribution in [0, 0.1) is 0 Å². The molecule has 0 atom stereocenters. The molecule has 3 aromatic rings. The van der Waals surface area contributed by atoms with Gasteiger partial charge in [0.25, 0.3) is 5.91 Å². The van der Waals surface area contributed by atoms with Crippen molar-refractivity contribution in [3.63, 3.8) is 0 Å².